The molecular weight excluding hydrogens is 406 g/mol. The summed E-state index contributed by atoms with van der Waals surface area (Å²) in [6.45, 7) is 2.53. The van der Waals surface area contributed by atoms with E-state index in [2.05, 4.69) is 4.72 Å². The van der Waals surface area contributed by atoms with Gasteiger partial charge >= 0.3 is 5.97 Å². The lowest BCUT2D eigenvalue weighted by Gasteiger charge is -2.09. The highest BCUT2D eigenvalue weighted by atomic mass is 35.5. The van der Waals surface area contributed by atoms with Gasteiger partial charge in [0.05, 0.1) is 17.0 Å². The van der Waals surface area contributed by atoms with E-state index in [1.807, 2.05) is 6.92 Å². The molecule has 0 atom stereocenters. The number of carbonyl (C=O) groups is 2. The maximum Gasteiger partial charge on any atom is 0.321 e. The second-order valence-electron chi connectivity index (χ2n) is 6.00. The molecule has 7 nitrogen and oxygen atoms in total. The van der Waals surface area contributed by atoms with Gasteiger partial charge in [-0.05, 0) is 55.3 Å². The third-order valence-corrected chi connectivity index (χ3v) is 5.73. The van der Waals surface area contributed by atoms with Crippen LogP contribution in [0.5, 0.6) is 5.75 Å². The van der Waals surface area contributed by atoms with Crippen molar-refractivity contribution in [1.82, 2.24) is 4.72 Å². The van der Waals surface area contributed by atoms with Crippen molar-refractivity contribution in [3.63, 3.8) is 0 Å². The van der Waals surface area contributed by atoms with E-state index in [4.69, 9.17) is 21.1 Å². The lowest BCUT2D eigenvalue weighted by Crippen LogP contribution is -2.31. The Morgan fingerprint density at radius 1 is 1.07 bits per heavy atom. The molecule has 0 unspecified atom stereocenters. The van der Waals surface area contributed by atoms with Crippen LogP contribution in [-0.2, 0) is 19.6 Å². The molecule has 0 fully saturated rings. The van der Waals surface area contributed by atoms with Crippen LogP contribution in [0.15, 0.2) is 41.3 Å². The maximum absolute atomic E-state index is 12.2. The summed E-state index contributed by atoms with van der Waals surface area (Å²) < 4.78 is 36.5. The highest BCUT2D eigenvalue weighted by Gasteiger charge is 2.18. The summed E-state index contributed by atoms with van der Waals surface area (Å²) in [7, 11) is -2.42. The van der Waals surface area contributed by atoms with Crippen molar-refractivity contribution in [2.24, 2.45) is 0 Å². The van der Waals surface area contributed by atoms with Gasteiger partial charge in [-0.3, -0.25) is 9.59 Å². The monoisotopic (exact) mass is 425 g/mol. The fourth-order valence-corrected chi connectivity index (χ4v) is 3.55. The number of ether oxygens (including phenoxy) is 2. The summed E-state index contributed by atoms with van der Waals surface area (Å²) in [5.74, 6) is -0.939. The summed E-state index contributed by atoms with van der Waals surface area (Å²) in [5, 5.41) is 0.251. The first-order valence-electron chi connectivity index (χ1n) is 8.23. The van der Waals surface area contributed by atoms with E-state index in [1.54, 1.807) is 13.0 Å². The van der Waals surface area contributed by atoms with Crippen molar-refractivity contribution < 1.29 is 27.5 Å². The predicted molar refractivity (Wildman–Crippen MR) is 104 cm³/mol. The number of benzene rings is 2. The average molecular weight is 426 g/mol. The molecular formula is C19H20ClNO6S. The number of aryl methyl sites for hydroxylation is 2. The number of Topliss-reactive ketones (excluding diaryl/α,β-unsaturated/α-hetero) is 1. The summed E-state index contributed by atoms with van der Waals surface area (Å²) in [6.07, 6.45) is 0. The molecule has 0 amide bonds. The summed E-state index contributed by atoms with van der Waals surface area (Å²) in [4.78, 5) is 23.9. The van der Waals surface area contributed by atoms with Gasteiger partial charge in [0.2, 0.25) is 10.0 Å². The van der Waals surface area contributed by atoms with Gasteiger partial charge in [0, 0.05) is 5.56 Å². The topological polar surface area (TPSA) is 98.8 Å². The molecule has 2 aromatic carbocycles. The molecule has 0 bridgehead atoms. The SMILES string of the molecule is COc1ccc(C(=O)COC(=O)CNS(=O)(=O)c2ccc(C)c(C)c2)cc1Cl. The Morgan fingerprint density at radius 2 is 1.79 bits per heavy atom. The number of nitrogens with one attached hydrogen (secondary N) is 1. The van der Waals surface area contributed by atoms with Crippen LogP contribution in [0.1, 0.15) is 21.5 Å². The molecule has 0 spiro atoms. The van der Waals surface area contributed by atoms with Gasteiger partial charge in [-0.2, -0.15) is 4.72 Å². The van der Waals surface area contributed by atoms with Crippen LogP contribution in [0.2, 0.25) is 5.02 Å². The van der Waals surface area contributed by atoms with Gasteiger partial charge in [0.1, 0.15) is 12.3 Å². The van der Waals surface area contributed by atoms with Crippen molar-refractivity contribution in [2.45, 2.75) is 18.7 Å². The van der Waals surface area contributed by atoms with Crippen molar-refractivity contribution in [2.75, 3.05) is 20.3 Å². The molecule has 28 heavy (non-hydrogen) atoms. The van der Waals surface area contributed by atoms with Crippen LogP contribution in [0.3, 0.4) is 0 Å². The minimum absolute atomic E-state index is 0.0485. The Hall–Kier alpha value is -2.42. The zero-order valence-corrected chi connectivity index (χ0v) is 17.2. The van der Waals surface area contributed by atoms with Crippen LogP contribution >= 0.6 is 11.6 Å². The Kier molecular flexibility index (Phi) is 7.17. The number of sulfonamides is 1. The Morgan fingerprint density at radius 3 is 2.39 bits per heavy atom. The lowest BCUT2D eigenvalue weighted by molar-refractivity contribution is -0.141. The number of hydrogen-bond acceptors (Lipinski definition) is 6. The highest BCUT2D eigenvalue weighted by Crippen LogP contribution is 2.25. The Labute approximate surface area is 168 Å². The molecule has 0 heterocycles. The standard InChI is InChI=1S/C19H20ClNO6S/c1-12-4-6-15(8-13(12)2)28(24,25)21-10-19(23)27-11-17(22)14-5-7-18(26-3)16(20)9-14/h4-9,21H,10-11H2,1-3H3. The van der Waals surface area contributed by atoms with E-state index >= 15 is 0 Å². The molecule has 0 aliphatic carbocycles. The molecule has 2 aromatic rings. The summed E-state index contributed by atoms with van der Waals surface area (Å²) in [6, 6.07) is 9.06. The molecule has 2 rings (SSSR count). The first-order valence-corrected chi connectivity index (χ1v) is 10.1. The van der Waals surface area contributed by atoms with Gasteiger partial charge in [-0.25, -0.2) is 8.42 Å². The van der Waals surface area contributed by atoms with Crippen LogP contribution in [0.4, 0.5) is 0 Å². The third-order valence-electron chi connectivity index (χ3n) is 4.03. The molecule has 150 valence electrons. The number of carbonyl (C=O) groups excluding carboxylic acids is 2. The molecule has 0 radical (unpaired) electrons. The molecule has 9 heteroatoms. The maximum atomic E-state index is 12.2. The van der Waals surface area contributed by atoms with Gasteiger partial charge in [0.15, 0.2) is 12.4 Å². The molecule has 0 saturated heterocycles. The summed E-state index contributed by atoms with van der Waals surface area (Å²) >= 11 is 5.95. The van der Waals surface area contributed by atoms with Crippen molar-refractivity contribution in [3.8, 4) is 5.75 Å². The van der Waals surface area contributed by atoms with Gasteiger partial charge < -0.3 is 9.47 Å². The lowest BCUT2D eigenvalue weighted by atomic mass is 10.1. The van der Waals surface area contributed by atoms with E-state index in [-0.39, 0.29) is 15.5 Å². The van der Waals surface area contributed by atoms with Gasteiger partial charge in [-0.15, -0.1) is 0 Å². The van der Waals surface area contributed by atoms with Crippen LogP contribution in [-0.4, -0.2) is 40.4 Å². The number of rotatable bonds is 8. The number of halogens is 1. The molecule has 0 aliphatic rings. The van der Waals surface area contributed by atoms with Crippen LogP contribution in [0, 0.1) is 13.8 Å². The van der Waals surface area contributed by atoms with E-state index in [0.717, 1.165) is 11.1 Å². The minimum Gasteiger partial charge on any atom is -0.495 e. The minimum atomic E-state index is -3.87. The van der Waals surface area contributed by atoms with E-state index < -0.39 is 34.9 Å². The van der Waals surface area contributed by atoms with Crippen molar-refractivity contribution >= 4 is 33.4 Å². The van der Waals surface area contributed by atoms with Crippen LogP contribution in [0.25, 0.3) is 0 Å². The third kappa shape index (κ3) is 5.54. The van der Waals surface area contributed by atoms with Crippen molar-refractivity contribution in [3.05, 3.63) is 58.1 Å². The largest absolute Gasteiger partial charge is 0.495 e. The number of methoxy groups -OCH3 is 1. The van der Waals surface area contributed by atoms with E-state index in [9.17, 15) is 18.0 Å². The number of ketones is 1. The molecule has 0 aromatic heterocycles. The zero-order valence-electron chi connectivity index (χ0n) is 15.6. The second kappa shape index (κ2) is 9.18. The fourth-order valence-electron chi connectivity index (χ4n) is 2.24. The predicted octanol–water partition coefficient (Wildman–Crippen LogP) is 2.67. The summed E-state index contributed by atoms with van der Waals surface area (Å²) in [5.41, 5.74) is 2.01. The van der Waals surface area contributed by atoms with Gasteiger partial charge in [0.25, 0.3) is 0 Å². The highest BCUT2D eigenvalue weighted by molar-refractivity contribution is 7.89. The number of esters is 1. The van der Waals surface area contributed by atoms with E-state index in [0.29, 0.717) is 5.75 Å². The molecule has 1 N–H and O–H groups in total. The molecule has 0 saturated carbocycles. The first kappa shape index (κ1) is 21.9. The fraction of sp³-hybridized carbons (Fsp3) is 0.263. The van der Waals surface area contributed by atoms with Crippen LogP contribution < -0.4 is 9.46 Å². The van der Waals surface area contributed by atoms with Gasteiger partial charge in [-0.1, -0.05) is 17.7 Å². The Balaban J connectivity index is 1.90. The number of hydrogen-bond donors (Lipinski definition) is 1. The second-order valence-corrected chi connectivity index (χ2v) is 8.18. The van der Waals surface area contributed by atoms with E-state index in [1.165, 1.54) is 37.4 Å². The average Bonchev–Trinajstić information content (AvgIpc) is 2.66. The Bertz CT molecular complexity index is 1000. The van der Waals surface area contributed by atoms with Crippen molar-refractivity contribution in [1.29, 1.82) is 0 Å². The first-order chi connectivity index (χ1) is 13.1. The zero-order chi connectivity index (χ0) is 20.9. The molecule has 0 aliphatic heterocycles. The smallest absolute Gasteiger partial charge is 0.321 e. The normalized spacial score (nSPS) is 11.1. The quantitative estimate of drug-likeness (QED) is 0.515.